The van der Waals surface area contributed by atoms with Crippen LogP contribution in [0.15, 0.2) is 67.0 Å². The van der Waals surface area contributed by atoms with E-state index in [0.717, 1.165) is 55.5 Å². The fourth-order valence-electron chi connectivity index (χ4n) is 4.03. The van der Waals surface area contributed by atoms with Gasteiger partial charge in [-0.2, -0.15) is 5.26 Å². The van der Waals surface area contributed by atoms with Gasteiger partial charge in [-0.3, -0.25) is 9.88 Å². The Morgan fingerprint density at radius 2 is 1.76 bits per heavy atom. The summed E-state index contributed by atoms with van der Waals surface area (Å²) in [7, 11) is 0. The number of hydrogen-bond acceptors (Lipinski definition) is 6. The topological polar surface area (TPSA) is 61.2 Å². The van der Waals surface area contributed by atoms with Gasteiger partial charge in [-0.05, 0) is 52.7 Å². The standard InChI is InChI=1S/C26H24N4OS.C2H6/c27-17-22-18-28-8-7-24(22)26-6-5-25(32-26)21-2-1-20-16-23(4-3-19(20)15-21)29-9-10-30-11-13-31-14-12-30;1-2/h1-8,15-16,18,29H,9-14H2;1-2H3. The van der Waals surface area contributed by atoms with Gasteiger partial charge in [-0.25, -0.2) is 0 Å². The number of pyridine rings is 1. The molecule has 0 bridgehead atoms. The highest BCUT2D eigenvalue weighted by molar-refractivity contribution is 7.18. The zero-order valence-electron chi connectivity index (χ0n) is 19.8. The molecule has 2 aromatic heterocycles. The van der Waals surface area contributed by atoms with Crippen LogP contribution in [0.1, 0.15) is 19.4 Å². The normalized spacial score (nSPS) is 13.7. The highest BCUT2D eigenvalue weighted by Crippen LogP contribution is 2.36. The van der Waals surface area contributed by atoms with E-state index in [1.807, 2.05) is 19.9 Å². The van der Waals surface area contributed by atoms with Crippen molar-refractivity contribution in [1.29, 1.82) is 5.26 Å². The second-order valence-electron chi connectivity index (χ2n) is 7.85. The fraction of sp³-hybridized carbons (Fsp3) is 0.286. The van der Waals surface area contributed by atoms with Crippen molar-refractivity contribution in [2.45, 2.75) is 13.8 Å². The lowest BCUT2D eigenvalue weighted by Crippen LogP contribution is -2.38. The van der Waals surface area contributed by atoms with Crippen LogP contribution < -0.4 is 5.32 Å². The van der Waals surface area contributed by atoms with E-state index in [1.54, 1.807) is 23.7 Å². The smallest absolute Gasteiger partial charge is 0.101 e. The minimum atomic E-state index is 0.605. The molecule has 0 saturated carbocycles. The molecule has 1 aliphatic rings. The number of fused-ring (bicyclic) bond motifs is 1. The number of aromatic nitrogens is 1. The Kier molecular flexibility index (Phi) is 8.26. The summed E-state index contributed by atoms with van der Waals surface area (Å²) < 4.78 is 5.41. The summed E-state index contributed by atoms with van der Waals surface area (Å²) in [6.07, 6.45) is 3.36. The van der Waals surface area contributed by atoms with Crippen molar-refractivity contribution >= 4 is 27.8 Å². The third kappa shape index (κ3) is 5.63. The predicted molar refractivity (Wildman–Crippen MR) is 142 cm³/mol. The van der Waals surface area contributed by atoms with Crippen molar-refractivity contribution in [2.24, 2.45) is 0 Å². The van der Waals surface area contributed by atoms with E-state index in [-0.39, 0.29) is 0 Å². The van der Waals surface area contributed by atoms with Crippen LogP contribution in [0.3, 0.4) is 0 Å². The summed E-state index contributed by atoms with van der Waals surface area (Å²) in [5.41, 5.74) is 3.88. The van der Waals surface area contributed by atoms with Crippen molar-refractivity contribution in [1.82, 2.24) is 9.88 Å². The number of ether oxygens (including phenoxy) is 1. The van der Waals surface area contributed by atoms with Gasteiger partial charge in [0.15, 0.2) is 0 Å². The van der Waals surface area contributed by atoms with Gasteiger partial charge in [-0.1, -0.05) is 32.0 Å². The van der Waals surface area contributed by atoms with Gasteiger partial charge in [0.2, 0.25) is 0 Å². The Hall–Kier alpha value is -3.24. The van der Waals surface area contributed by atoms with E-state index in [1.165, 1.54) is 21.2 Å². The van der Waals surface area contributed by atoms with Gasteiger partial charge < -0.3 is 10.1 Å². The first-order valence-electron chi connectivity index (χ1n) is 11.8. The highest BCUT2D eigenvalue weighted by atomic mass is 32.1. The first-order valence-corrected chi connectivity index (χ1v) is 12.6. The van der Waals surface area contributed by atoms with Gasteiger partial charge in [-0.15, -0.1) is 11.3 Å². The maximum Gasteiger partial charge on any atom is 0.101 e. The summed E-state index contributed by atoms with van der Waals surface area (Å²) in [5.74, 6) is 0. The molecule has 2 aromatic carbocycles. The minimum absolute atomic E-state index is 0.605. The van der Waals surface area contributed by atoms with Crippen molar-refractivity contribution in [3.8, 4) is 27.0 Å². The molecule has 4 aromatic rings. The molecule has 174 valence electrons. The molecule has 34 heavy (non-hydrogen) atoms. The Bertz CT molecular complexity index is 1270. The van der Waals surface area contributed by atoms with Gasteiger partial charge >= 0.3 is 0 Å². The molecule has 0 aliphatic carbocycles. The molecular formula is C28H30N4OS. The van der Waals surface area contributed by atoms with Crippen molar-refractivity contribution in [3.63, 3.8) is 0 Å². The summed E-state index contributed by atoms with van der Waals surface area (Å²) in [6, 6.07) is 21.5. The average Bonchev–Trinajstić information content (AvgIpc) is 3.40. The van der Waals surface area contributed by atoms with Crippen LogP contribution in [0.25, 0.3) is 31.7 Å². The first kappa shape index (κ1) is 23.9. The number of benzene rings is 2. The summed E-state index contributed by atoms with van der Waals surface area (Å²) in [6.45, 7) is 9.68. The first-order chi connectivity index (χ1) is 16.8. The van der Waals surface area contributed by atoms with E-state index in [0.29, 0.717) is 5.56 Å². The molecule has 0 atom stereocenters. The van der Waals surface area contributed by atoms with Gasteiger partial charge in [0.25, 0.3) is 0 Å². The number of rotatable bonds is 6. The molecule has 1 fully saturated rings. The summed E-state index contributed by atoms with van der Waals surface area (Å²) >= 11 is 1.70. The molecule has 5 nitrogen and oxygen atoms in total. The summed E-state index contributed by atoms with van der Waals surface area (Å²) in [4.78, 5) is 8.77. The van der Waals surface area contributed by atoms with Crippen LogP contribution in [0, 0.1) is 11.3 Å². The van der Waals surface area contributed by atoms with Gasteiger partial charge in [0, 0.05) is 59.6 Å². The second-order valence-corrected chi connectivity index (χ2v) is 8.94. The third-order valence-corrected chi connectivity index (χ3v) is 6.97. The molecule has 5 rings (SSSR count). The molecule has 6 heteroatoms. The molecule has 0 unspecified atom stereocenters. The number of nitrogens with zero attached hydrogens (tertiary/aromatic N) is 3. The zero-order chi connectivity index (χ0) is 23.8. The van der Waals surface area contributed by atoms with Crippen molar-refractivity contribution < 1.29 is 4.74 Å². The Balaban J connectivity index is 0.00000133. The maximum atomic E-state index is 9.37. The predicted octanol–water partition coefficient (Wildman–Crippen LogP) is 6.27. The maximum absolute atomic E-state index is 9.37. The molecule has 1 aliphatic heterocycles. The number of nitriles is 1. The van der Waals surface area contributed by atoms with E-state index in [9.17, 15) is 5.26 Å². The van der Waals surface area contributed by atoms with E-state index >= 15 is 0 Å². The lowest BCUT2D eigenvalue weighted by Gasteiger charge is -2.26. The van der Waals surface area contributed by atoms with Crippen LogP contribution in [0.2, 0.25) is 0 Å². The van der Waals surface area contributed by atoms with Crippen molar-refractivity contribution in [2.75, 3.05) is 44.7 Å². The minimum Gasteiger partial charge on any atom is -0.384 e. The SMILES string of the molecule is CC.N#Cc1cnccc1-c1ccc(-c2ccc3cc(NCCN4CCOCC4)ccc3c2)s1. The van der Waals surface area contributed by atoms with Crippen molar-refractivity contribution in [3.05, 3.63) is 72.6 Å². The van der Waals surface area contributed by atoms with E-state index in [2.05, 4.69) is 69.8 Å². The third-order valence-electron chi connectivity index (χ3n) is 5.80. The van der Waals surface area contributed by atoms with Crippen LogP contribution >= 0.6 is 11.3 Å². The van der Waals surface area contributed by atoms with E-state index in [4.69, 9.17) is 4.74 Å². The fourth-order valence-corrected chi connectivity index (χ4v) is 5.07. The quantitative estimate of drug-likeness (QED) is 0.360. The lowest BCUT2D eigenvalue weighted by molar-refractivity contribution is 0.0398. The molecule has 0 spiro atoms. The molecule has 1 saturated heterocycles. The number of hydrogen-bond donors (Lipinski definition) is 1. The molecular weight excluding hydrogens is 440 g/mol. The molecule has 1 N–H and O–H groups in total. The number of anilines is 1. The van der Waals surface area contributed by atoms with Crippen LogP contribution in [-0.4, -0.2) is 49.3 Å². The largest absolute Gasteiger partial charge is 0.384 e. The lowest BCUT2D eigenvalue weighted by atomic mass is 10.1. The second kappa shape index (κ2) is 11.8. The van der Waals surface area contributed by atoms with Crippen LogP contribution in [0.5, 0.6) is 0 Å². The Labute approximate surface area is 205 Å². The monoisotopic (exact) mass is 470 g/mol. The van der Waals surface area contributed by atoms with Gasteiger partial charge in [0.05, 0.1) is 18.8 Å². The number of morpholine rings is 1. The number of nitrogens with one attached hydrogen (secondary N) is 1. The molecule has 0 radical (unpaired) electrons. The summed E-state index contributed by atoms with van der Waals surface area (Å²) in [5, 5.41) is 15.4. The molecule has 0 amide bonds. The highest BCUT2D eigenvalue weighted by Gasteiger charge is 2.11. The average molecular weight is 471 g/mol. The zero-order valence-corrected chi connectivity index (χ0v) is 20.6. The number of thiophene rings is 1. The Morgan fingerprint density at radius 3 is 2.59 bits per heavy atom. The van der Waals surface area contributed by atoms with E-state index < -0.39 is 0 Å². The Morgan fingerprint density at radius 1 is 1.00 bits per heavy atom. The molecule has 3 heterocycles. The van der Waals surface area contributed by atoms with Gasteiger partial charge in [0.1, 0.15) is 6.07 Å². The van der Waals surface area contributed by atoms with Crippen LogP contribution in [-0.2, 0) is 4.74 Å². The van der Waals surface area contributed by atoms with Crippen LogP contribution in [0.4, 0.5) is 5.69 Å².